The van der Waals surface area contributed by atoms with Crippen molar-refractivity contribution < 1.29 is 18.0 Å². The van der Waals surface area contributed by atoms with Crippen molar-refractivity contribution >= 4 is 17.2 Å². The van der Waals surface area contributed by atoms with E-state index in [9.17, 15) is 18.0 Å². The average Bonchev–Trinajstić information content (AvgIpc) is 3.17. The number of hydrogen-bond acceptors (Lipinski definition) is 4. The molecular weight excluding hydrogens is 411 g/mol. The van der Waals surface area contributed by atoms with Gasteiger partial charge in [-0.25, -0.2) is 18.2 Å². The molecule has 3 aromatic rings. The maximum Gasteiger partial charge on any atom is 0.239 e. The number of nitrogens with two attached hydrogens (primary N) is 1. The van der Waals surface area contributed by atoms with Gasteiger partial charge >= 0.3 is 0 Å². The minimum absolute atomic E-state index is 0.182. The number of benzene rings is 2. The molecule has 1 amide bonds. The van der Waals surface area contributed by atoms with E-state index >= 15 is 0 Å². The zero-order valence-electron chi connectivity index (χ0n) is 16.1. The van der Waals surface area contributed by atoms with Gasteiger partial charge in [0.15, 0.2) is 0 Å². The Morgan fingerprint density at radius 2 is 1.87 bits per heavy atom. The molecule has 0 fully saturated rings. The molecule has 1 aliphatic heterocycles. The van der Waals surface area contributed by atoms with Gasteiger partial charge in [0.1, 0.15) is 22.5 Å². The number of hydrogen-bond donors (Lipinski definition) is 1. The minimum atomic E-state index is -0.801. The molecule has 0 saturated heterocycles. The predicted octanol–water partition coefficient (Wildman–Crippen LogP) is 4.07. The van der Waals surface area contributed by atoms with Gasteiger partial charge in [-0.3, -0.25) is 4.79 Å². The quantitative estimate of drug-likeness (QED) is 0.663. The third-order valence-corrected chi connectivity index (χ3v) is 6.39. The summed E-state index contributed by atoms with van der Waals surface area (Å²) in [6, 6.07) is 8.62. The standard InChI is InChI=1S/C22H20F3N3OS/c23-15-4-1-13(2-5-15)21-27-19-12-28(10-9-20(19)30-21)22(29)18(26)8-3-14-11-16(24)6-7-17(14)25/h1-2,4-7,11,18H,3,8-10,12,26H2/t18-/m1/s1. The van der Waals surface area contributed by atoms with E-state index in [2.05, 4.69) is 4.98 Å². The third kappa shape index (κ3) is 4.39. The van der Waals surface area contributed by atoms with Crippen LogP contribution in [0.15, 0.2) is 42.5 Å². The first-order valence-corrected chi connectivity index (χ1v) is 10.4. The molecule has 1 aromatic heterocycles. The highest BCUT2D eigenvalue weighted by Gasteiger charge is 2.27. The lowest BCUT2D eigenvalue weighted by Gasteiger charge is -2.28. The van der Waals surface area contributed by atoms with Gasteiger partial charge in [-0.2, -0.15) is 0 Å². The first kappa shape index (κ1) is 20.6. The van der Waals surface area contributed by atoms with Gasteiger partial charge in [0.2, 0.25) is 5.91 Å². The van der Waals surface area contributed by atoms with Crippen molar-refractivity contribution in [2.45, 2.75) is 31.8 Å². The molecule has 0 bridgehead atoms. The second-order valence-corrected chi connectivity index (χ2v) is 8.37. The average molecular weight is 431 g/mol. The summed E-state index contributed by atoms with van der Waals surface area (Å²) in [6.07, 6.45) is 1.08. The van der Waals surface area contributed by atoms with E-state index < -0.39 is 17.7 Å². The summed E-state index contributed by atoms with van der Waals surface area (Å²) in [5, 5.41) is 0.792. The molecule has 0 saturated carbocycles. The summed E-state index contributed by atoms with van der Waals surface area (Å²) in [5.41, 5.74) is 7.92. The number of amides is 1. The van der Waals surface area contributed by atoms with Crippen LogP contribution in [0.1, 0.15) is 22.6 Å². The highest BCUT2D eigenvalue weighted by Crippen LogP contribution is 2.32. The molecule has 2 N–H and O–H groups in total. The molecule has 8 heteroatoms. The molecule has 30 heavy (non-hydrogen) atoms. The summed E-state index contributed by atoms with van der Waals surface area (Å²) < 4.78 is 40.2. The molecule has 2 aromatic carbocycles. The van der Waals surface area contributed by atoms with Crippen LogP contribution in [-0.4, -0.2) is 28.4 Å². The Hall–Kier alpha value is -2.71. The maximum absolute atomic E-state index is 13.8. The van der Waals surface area contributed by atoms with E-state index in [4.69, 9.17) is 5.73 Å². The normalized spacial score (nSPS) is 14.5. The van der Waals surface area contributed by atoms with E-state index in [1.807, 2.05) is 0 Å². The number of aryl methyl sites for hydroxylation is 1. The molecule has 4 nitrogen and oxygen atoms in total. The Bertz CT molecular complexity index is 1070. The largest absolute Gasteiger partial charge is 0.335 e. The zero-order chi connectivity index (χ0) is 21.3. The topological polar surface area (TPSA) is 59.2 Å². The van der Waals surface area contributed by atoms with Gasteiger partial charge in [-0.1, -0.05) is 0 Å². The number of carbonyl (C=O) groups is 1. The predicted molar refractivity (Wildman–Crippen MR) is 109 cm³/mol. The molecule has 1 aliphatic rings. The number of nitrogens with zero attached hydrogens (tertiary/aromatic N) is 2. The number of fused-ring (bicyclic) bond motifs is 1. The lowest BCUT2D eigenvalue weighted by Crippen LogP contribution is -2.46. The van der Waals surface area contributed by atoms with Crippen molar-refractivity contribution in [1.82, 2.24) is 9.88 Å². The second-order valence-electron chi connectivity index (χ2n) is 7.29. The number of rotatable bonds is 5. The lowest BCUT2D eigenvalue weighted by atomic mass is 10.0. The lowest BCUT2D eigenvalue weighted by molar-refractivity contribution is -0.133. The van der Waals surface area contributed by atoms with E-state index in [1.165, 1.54) is 12.1 Å². The van der Waals surface area contributed by atoms with Gasteiger partial charge < -0.3 is 10.6 Å². The summed E-state index contributed by atoms with van der Waals surface area (Å²) in [7, 11) is 0. The molecular formula is C22H20F3N3OS. The Morgan fingerprint density at radius 1 is 1.13 bits per heavy atom. The number of halogens is 3. The number of carbonyl (C=O) groups excluding carboxylic acids is 1. The van der Waals surface area contributed by atoms with Gasteiger partial charge in [-0.05, 0) is 60.9 Å². The summed E-state index contributed by atoms with van der Waals surface area (Å²) in [4.78, 5) is 20.2. The van der Waals surface area contributed by atoms with Crippen LogP contribution in [0.4, 0.5) is 13.2 Å². The van der Waals surface area contributed by atoms with Crippen molar-refractivity contribution in [1.29, 1.82) is 0 Å². The first-order valence-electron chi connectivity index (χ1n) is 9.63. The van der Waals surface area contributed by atoms with E-state index in [0.29, 0.717) is 19.5 Å². The number of thiazole rings is 1. The van der Waals surface area contributed by atoms with E-state index in [-0.39, 0.29) is 30.1 Å². The number of aromatic nitrogens is 1. The molecule has 0 unspecified atom stereocenters. The molecule has 0 spiro atoms. The van der Waals surface area contributed by atoms with Crippen LogP contribution in [0.2, 0.25) is 0 Å². The fraction of sp³-hybridized carbons (Fsp3) is 0.273. The van der Waals surface area contributed by atoms with Crippen molar-refractivity contribution in [2.24, 2.45) is 5.73 Å². The third-order valence-electron chi connectivity index (χ3n) is 5.18. The summed E-state index contributed by atoms with van der Waals surface area (Å²) in [5.74, 6) is -1.55. The van der Waals surface area contributed by atoms with Crippen LogP contribution in [0.3, 0.4) is 0 Å². The SMILES string of the molecule is N[C@H](CCc1cc(F)ccc1F)C(=O)N1CCc2sc(-c3ccc(F)cc3)nc2C1. The molecule has 1 atom stereocenters. The fourth-order valence-electron chi connectivity index (χ4n) is 3.51. The zero-order valence-corrected chi connectivity index (χ0v) is 16.9. The Balaban J connectivity index is 1.40. The van der Waals surface area contributed by atoms with Gasteiger partial charge in [-0.15, -0.1) is 11.3 Å². The Labute approximate surface area is 176 Å². The fourth-order valence-corrected chi connectivity index (χ4v) is 4.57. The molecule has 4 rings (SSSR count). The minimum Gasteiger partial charge on any atom is -0.335 e. The van der Waals surface area contributed by atoms with Gasteiger partial charge in [0.05, 0.1) is 18.3 Å². The highest BCUT2D eigenvalue weighted by molar-refractivity contribution is 7.15. The maximum atomic E-state index is 13.8. The van der Waals surface area contributed by atoms with Gasteiger partial charge in [0, 0.05) is 23.4 Å². The monoisotopic (exact) mass is 431 g/mol. The molecule has 2 heterocycles. The Morgan fingerprint density at radius 3 is 2.63 bits per heavy atom. The summed E-state index contributed by atoms with van der Waals surface area (Å²) in [6.45, 7) is 0.882. The van der Waals surface area contributed by atoms with Crippen molar-refractivity contribution in [3.05, 3.63) is 76.1 Å². The van der Waals surface area contributed by atoms with Crippen molar-refractivity contribution in [3.8, 4) is 10.6 Å². The van der Waals surface area contributed by atoms with Crippen LogP contribution < -0.4 is 5.73 Å². The smallest absolute Gasteiger partial charge is 0.239 e. The van der Waals surface area contributed by atoms with Crippen LogP contribution >= 0.6 is 11.3 Å². The van der Waals surface area contributed by atoms with E-state index in [1.54, 1.807) is 28.4 Å². The van der Waals surface area contributed by atoms with Crippen LogP contribution in [0, 0.1) is 17.5 Å². The van der Waals surface area contributed by atoms with Crippen LogP contribution in [0.25, 0.3) is 10.6 Å². The second kappa shape index (κ2) is 8.57. The van der Waals surface area contributed by atoms with E-state index in [0.717, 1.165) is 39.3 Å². The summed E-state index contributed by atoms with van der Waals surface area (Å²) >= 11 is 1.55. The Kier molecular flexibility index (Phi) is 5.87. The van der Waals surface area contributed by atoms with Crippen LogP contribution in [-0.2, 0) is 24.2 Å². The van der Waals surface area contributed by atoms with Crippen molar-refractivity contribution in [3.63, 3.8) is 0 Å². The van der Waals surface area contributed by atoms with Crippen LogP contribution in [0.5, 0.6) is 0 Å². The first-order chi connectivity index (χ1) is 14.4. The molecule has 156 valence electrons. The molecule has 0 aliphatic carbocycles. The highest BCUT2D eigenvalue weighted by atomic mass is 32.1. The van der Waals surface area contributed by atoms with Crippen molar-refractivity contribution in [2.75, 3.05) is 6.54 Å². The molecule has 0 radical (unpaired) electrons. The van der Waals surface area contributed by atoms with Gasteiger partial charge in [0.25, 0.3) is 0 Å².